The molecular formula is C25H29N5O4S. The molecule has 0 atom stereocenters. The van der Waals surface area contributed by atoms with Crippen LogP contribution in [-0.2, 0) is 29.7 Å². The highest BCUT2D eigenvalue weighted by Gasteiger charge is 2.21. The Kier molecular flexibility index (Phi) is 6.77. The number of nitrogens with zero attached hydrogens (tertiary/aromatic N) is 5. The van der Waals surface area contributed by atoms with Gasteiger partial charge in [0.25, 0.3) is 5.56 Å². The summed E-state index contributed by atoms with van der Waals surface area (Å²) >= 11 is 0. The summed E-state index contributed by atoms with van der Waals surface area (Å²) in [6.07, 6.45) is 1.60. The highest BCUT2D eigenvalue weighted by molar-refractivity contribution is 7.89. The molecule has 184 valence electrons. The Balaban J connectivity index is 1.90. The van der Waals surface area contributed by atoms with Gasteiger partial charge in [0.05, 0.1) is 24.3 Å². The first kappa shape index (κ1) is 24.6. The summed E-state index contributed by atoms with van der Waals surface area (Å²) in [6.45, 7) is 4.85. The summed E-state index contributed by atoms with van der Waals surface area (Å²) in [5.74, 6) is 0.266. The molecule has 2 aromatic carbocycles. The molecule has 4 rings (SSSR count). The van der Waals surface area contributed by atoms with Crippen LogP contribution in [-0.4, -0.2) is 45.5 Å². The van der Waals surface area contributed by atoms with Gasteiger partial charge in [-0.3, -0.25) is 13.9 Å². The van der Waals surface area contributed by atoms with E-state index in [1.54, 1.807) is 23.0 Å². The Bertz CT molecular complexity index is 1580. The molecule has 9 nitrogen and oxygen atoms in total. The van der Waals surface area contributed by atoms with Gasteiger partial charge in [-0.15, -0.1) is 0 Å². The van der Waals surface area contributed by atoms with Crippen LogP contribution < -0.4 is 11.2 Å². The fourth-order valence-corrected chi connectivity index (χ4v) is 4.99. The molecule has 0 radical (unpaired) electrons. The number of rotatable bonds is 8. The van der Waals surface area contributed by atoms with Crippen molar-refractivity contribution in [2.24, 2.45) is 5.92 Å². The van der Waals surface area contributed by atoms with Crippen LogP contribution in [0, 0.1) is 5.92 Å². The second-order valence-electron chi connectivity index (χ2n) is 9.14. The van der Waals surface area contributed by atoms with Crippen molar-refractivity contribution in [3.05, 3.63) is 92.9 Å². The Morgan fingerprint density at radius 3 is 2.23 bits per heavy atom. The van der Waals surface area contributed by atoms with Gasteiger partial charge in [0.2, 0.25) is 10.0 Å². The third kappa shape index (κ3) is 4.85. The van der Waals surface area contributed by atoms with E-state index in [1.807, 2.05) is 44.2 Å². The molecule has 35 heavy (non-hydrogen) atoms. The molecule has 4 aromatic rings. The van der Waals surface area contributed by atoms with Crippen LogP contribution in [0.3, 0.4) is 0 Å². The first-order chi connectivity index (χ1) is 16.6. The average Bonchev–Trinajstić information content (AvgIpc) is 3.23. The molecule has 0 aliphatic carbocycles. The van der Waals surface area contributed by atoms with Crippen molar-refractivity contribution in [2.75, 3.05) is 14.1 Å². The Morgan fingerprint density at radius 1 is 0.914 bits per heavy atom. The molecule has 0 fully saturated rings. The molecule has 10 heteroatoms. The maximum absolute atomic E-state index is 13.6. The minimum Gasteiger partial charge on any atom is -0.324 e. The summed E-state index contributed by atoms with van der Waals surface area (Å²) in [5.41, 5.74) is 1.18. The maximum Gasteiger partial charge on any atom is 0.333 e. The Hall–Kier alpha value is -3.50. The van der Waals surface area contributed by atoms with E-state index in [-0.39, 0.29) is 23.9 Å². The molecule has 0 aliphatic heterocycles. The number of sulfonamides is 1. The predicted molar refractivity (Wildman–Crippen MR) is 135 cm³/mol. The molecule has 0 unspecified atom stereocenters. The lowest BCUT2D eigenvalue weighted by Crippen LogP contribution is -2.41. The lowest BCUT2D eigenvalue weighted by Gasteiger charge is -2.15. The standard InChI is InChI=1S/C25H29N5O4S/c1-18(2)14-28-17-26-23-22(28)24(31)30(25(32)29(23)15-19-9-6-5-7-10-19)16-20-11-8-12-21(13-20)35(33,34)27(3)4/h5-13,17-18H,14-16H2,1-4H3. The van der Waals surface area contributed by atoms with E-state index in [4.69, 9.17) is 0 Å². The van der Waals surface area contributed by atoms with E-state index in [2.05, 4.69) is 4.98 Å². The van der Waals surface area contributed by atoms with Gasteiger partial charge >= 0.3 is 5.69 Å². The zero-order valence-corrected chi connectivity index (χ0v) is 21.1. The zero-order chi connectivity index (χ0) is 25.3. The topological polar surface area (TPSA) is 99.2 Å². The van der Waals surface area contributed by atoms with Gasteiger partial charge < -0.3 is 4.57 Å². The Labute approximate surface area is 203 Å². The molecule has 0 saturated carbocycles. The van der Waals surface area contributed by atoms with Gasteiger partial charge in [0.15, 0.2) is 11.2 Å². The van der Waals surface area contributed by atoms with Crippen LogP contribution in [0.15, 0.2) is 75.4 Å². The molecule has 0 bridgehead atoms. The van der Waals surface area contributed by atoms with Crippen LogP contribution >= 0.6 is 0 Å². The van der Waals surface area contributed by atoms with Crippen LogP contribution in [0.4, 0.5) is 0 Å². The van der Waals surface area contributed by atoms with Gasteiger partial charge in [-0.1, -0.05) is 56.3 Å². The SMILES string of the molecule is CC(C)Cn1cnc2c1c(=O)n(Cc1cccc(S(=O)(=O)N(C)C)c1)c(=O)n2Cc1ccccc1. The number of hydrogen-bond donors (Lipinski definition) is 0. The van der Waals surface area contributed by atoms with Crippen molar-refractivity contribution >= 4 is 21.2 Å². The first-order valence-corrected chi connectivity index (χ1v) is 12.8. The molecule has 0 aliphatic rings. The third-order valence-corrected chi connectivity index (χ3v) is 7.56. The maximum atomic E-state index is 13.6. The van der Waals surface area contributed by atoms with E-state index in [1.165, 1.54) is 30.8 Å². The summed E-state index contributed by atoms with van der Waals surface area (Å²) in [4.78, 5) is 31.7. The predicted octanol–water partition coefficient (Wildman–Crippen LogP) is 2.36. The van der Waals surface area contributed by atoms with Gasteiger partial charge in [0.1, 0.15) is 0 Å². The van der Waals surface area contributed by atoms with Crippen LogP contribution in [0.2, 0.25) is 0 Å². The molecule has 2 heterocycles. The van der Waals surface area contributed by atoms with Gasteiger partial charge in [0, 0.05) is 20.6 Å². The van der Waals surface area contributed by atoms with Crippen molar-refractivity contribution in [3.8, 4) is 0 Å². The fraction of sp³-hybridized carbons (Fsp3) is 0.320. The summed E-state index contributed by atoms with van der Waals surface area (Å²) in [7, 11) is -0.744. The quantitative estimate of drug-likeness (QED) is 0.374. The highest BCUT2D eigenvalue weighted by atomic mass is 32.2. The largest absolute Gasteiger partial charge is 0.333 e. The fourth-order valence-electron chi connectivity index (χ4n) is 4.02. The van der Waals surface area contributed by atoms with E-state index in [0.717, 1.165) is 14.4 Å². The van der Waals surface area contributed by atoms with Crippen LogP contribution in [0.1, 0.15) is 25.0 Å². The molecule has 0 saturated heterocycles. The number of fused-ring (bicyclic) bond motifs is 1. The second kappa shape index (κ2) is 9.63. The van der Waals surface area contributed by atoms with Gasteiger partial charge in [-0.2, -0.15) is 0 Å². The van der Waals surface area contributed by atoms with Crippen molar-refractivity contribution in [2.45, 2.75) is 38.4 Å². The molecule has 0 amide bonds. The van der Waals surface area contributed by atoms with Crippen molar-refractivity contribution in [1.29, 1.82) is 0 Å². The van der Waals surface area contributed by atoms with Crippen molar-refractivity contribution < 1.29 is 8.42 Å². The number of hydrogen-bond acceptors (Lipinski definition) is 5. The number of aromatic nitrogens is 4. The van der Waals surface area contributed by atoms with Gasteiger partial charge in [-0.05, 0) is 29.2 Å². The van der Waals surface area contributed by atoms with E-state index in [0.29, 0.717) is 23.3 Å². The smallest absolute Gasteiger partial charge is 0.324 e. The van der Waals surface area contributed by atoms with E-state index >= 15 is 0 Å². The third-order valence-electron chi connectivity index (χ3n) is 5.75. The summed E-state index contributed by atoms with van der Waals surface area (Å²) in [6, 6.07) is 15.8. The molecular weight excluding hydrogens is 466 g/mol. The summed E-state index contributed by atoms with van der Waals surface area (Å²) in [5, 5.41) is 0. The van der Waals surface area contributed by atoms with Crippen molar-refractivity contribution in [3.63, 3.8) is 0 Å². The first-order valence-electron chi connectivity index (χ1n) is 11.3. The van der Waals surface area contributed by atoms with Gasteiger partial charge in [-0.25, -0.2) is 22.5 Å². The minimum atomic E-state index is -3.66. The number of benzene rings is 2. The van der Waals surface area contributed by atoms with E-state index < -0.39 is 21.3 Å². The highest BCUT2D eigenvalue weighted by Crippen LogP contribution is 2.16. The molecule has 0 spiro atoms. The zero-order valence-electron chi connectivity index (χ0n) is 20.2. The molecule has 2 aromatic heterocycles. The normalized spacial score (nSPS) is 12.2. The average molecular weight is 496 g/mol. The van der Waals surface area contributed by atoms with E-state index in [9.17, 15) is 18.0 Å². The summed E-state index contributed by atoms with van der Waals surface area (Å²) < 4.78 is 30.8. The monoisotopic (exact) mass is 495 g/mol. The van der Waals surface area contributed by atoms with Crippen molar-refractivity contribution in [1.82, 2.24) is 23.0 Å². The van der Waals surface area contributed by atoms with Crippen LogP contribution in [0.25, 0.3) is 11.2 Å². The lowest BCUT2D eigenvalue weighted by atomic mass is 10.2. The number of imidazole rings is 1. The minimum absolute atomic E-state index is 0.0634. The molecule has 0 N–H and O–H groups in total. The Morgan fingerprint density at radius 2 is 1.57 bits per heavy atom. The van der Waals surface area contributed by atoms with Crippen LogP contribution in [0.5, 0.6) is 0 Å². The lowest BCUT2D eigenvalue weighted by molar-refractivity contribution is 0.520. The second-order valence-corrected chi connectivity index (χ2v) is 11.3.